The Morgan fingerprint density at radius 3 is 2.46 bits per heavy atom. The number of carbonyl (C=O) groups is 1. The molecule has 0 spiro atoms. The third-order valence-corrected chi connectivity index (χ3v) is 4.14. The molecule has 0 aliphatic rings. The molecule has 1 aromatic heterocycles. The van der Waals surface area contributed by atoms with Gasteiger partial charge in [-0.3, -0.25) is 10.1 Å². The number of esters is 1. The number of hydrogen-bond acceptors (Lipinski definition) is 4. The van der Waals surface area contributed by atoms with E-state index in [2.05, 4.69) is 0 Å². The van der Waals surface area contributed by atoms with Crippen molar-refractivity contribution in [3.8, 4) is 0 Å². The van der Waals surface area contributed by atoms with Gasteiger partial charge < -0.3 is 9.30 Å². The van der Waals surface area contributed by atoms with Gasteiger partial charge in [0.1, 0.15) is 5.60 Å². The molecule has 0 saturated carbocycles. The highest BCUT2D eigenvalue weighted by Crippen LogP contribution is 2.23. The Hall–Kier alpha value is -3.41. The summed E-state index contributed by atoms with van der Waals surface area (Å²) in [6.07, 6.45) is 2.44. The van der Waals surface area contributed by atoms with Crippen LogP contribution in [-0.2, 0) is 11.3 Å². The smallest absolute Gasteiger partial charge is 0.338 e. The number of fused-ring (bicyclic) bond motifs is 1. The summed E-state index contributed by atoms with van der Waals surface area (Å²) in [4.78, 5) is 22.4. The molecule has 0 radical (unpaired) electrons. The fourth-order valence-electron chi connectivity index (χ4n) is 2.95. The topological polar surface area (TPSA) is 74.4 Å². The maximum atomic E-state index is 12.2. The van der Waals surface area contributed by atoms with Crippen molar-refractivity contribution >= 4 is 22.9 Å². The van der Waals surface area contributed by atoms with Gasteiger partial charge in [-0.15, -0.1) is 0 Å². The number of ether oxygens (including phenoxy) is 1. The first kappa shape index (κ1) is 19.4. The van der Waals surface area contributed by atoms with E-state index in [9.17, 15) is 14.9 Å². The molecular weight excluding hydrogens is 356 g/mol. The Kier molecular flexibility index (Phi) is 5.31. The molecular formula is C22H22N2O4. The van der Waals surface area contributed by atoms with Gasteiger partial charge in [0.15, 0.2) is 0 Å². The van der Waals surface area contributed by atoms with E-state index in [1.165, 1.54) is 6.08 Å². The summed E-state index contributed by atoms with van der Waals surface area (Å²) in [5, 5.41) is 11.7. The quantitative estimate of drug-likeness (QED) is 0.360. The van der Waals surface area contributed by atoms with Crippen LogP contribution in [0.1, 0.15) is 42.4 Å². The van der Waals surface area contributed by atoms with Crippen molar-refractivity contribution in [1.82, 2.24) is 4.57 Å². The first-order valence-electron chi connectivity index (χ1n) is 8.95. The van der Waals surface area contributed by atoms with E-state index >= 15 is 0 Å². The monoisotopic (exact) mass is 378 g/mol. The van der Waals surface area contributed by atoms with E-state index in [1.807, 2.05) is 67.8 Å². The molecule has 3 aromatic rings. The Labute approximate surface area is 163 Å². The van der Waals surface area contributed by atoms with Crippen LogP contribution in [0.2, 0.25) is 0 Å². The van der Waals surface area contributed by atoms with Gasteiger partial charge in [0, 0.05) is 29.2 Å². The SMILES string of the molecule is CC(C)(C)OC(=O)c1ccc(Cn2c(C=C[N+](=O)[O-])cc3ccccc32)cc1. The summed E-state index contributed by atoms with van der Waals surface area (Å²) in [6, 6.07) is 17.0. The molecule has 0 N–H and O–H groups in total. The maximum absolute atomic E-state index is 12.2. The summed E-state index contributed by atoms with van der Waals surface area (Å²) in [6.45, 7) is 6.02. The van der Waals surface area contributed by atoms with Gasteiger partial charge in [-0.1, -0.05) is 30.3 Å². The van der Waals surface area contributed by atoms with Crippen LogP contribution in [0.25, 0.3) is 17.0 Å². The van der Waals surface area contributed by atoms with Crippen LogP contribution in [0.5, 0.6) is 0 Å². The fraction of sp³-hybridized carbons (Fsp3) is 0.227. The zero-order valence-corrected chi connectivity index (χ0v) is 16.1. The van der Waals surface area contributed by atoms with Crippen molar-refractivity contribution in [2.75, 3.05) is 0 Å². The standard InChI is InChI=1S/C22H22N2O4/c1-22(2,3)28-21(25)17-10-8-16(9-11-17)15-23-19(12-13-24(26)27)14-18-6-4-5-7-20(18)23/h4-14H,15H2,1-3H3. The Morgan fingerprint density at radius 1 is 1.14 bits per heavy atom. The van der Waals surface area contributed by atoms with Crippen LogP contribution in [0.3, 0.4) is 0 Å². The van der Waals surface area contributed by atoms with Crippen LogP contribution < -0.4 is 0 Å². The third-order valence-electron chi connectivity index (χ3n) is 4.14. The van der Waals surface area contributed by atoms with E-state index in [4.69, 9.17) is 4.74 Å². The highest BCUT2D eigenvalue weighted by Gasteiger charge is 2.17. The molecule has 144 valence electrons. The average molecular weight is 378 g/mol. The second kappa shape index (κ2) is 7.68. The number of aromatic nitrogens is 1. The van der Waals surface area contributed by atoms with Gasteiger partial charge in [-0.05, 0) is 50.6 Å². The lowest BCUT2D eigenvalue weighted by Gasteiger charge is -2.19. The number of carbonyl (C=O) groups excluding carboxylic acids is 1. The number of benzene rings is 2. The zero-order valence-electron chi connectivity index (χ0n) is 16.1. The predicted molar refractivity (Wildman–Crippen MR) is 109 cm³/mol. The van der Waals surface area contributed by atoms with E-state index in [0.717, 1.165) is 28.4 Å². The maximum Gasteiger partial charge on any atom is 0.338 e. The van der Waals surface area contributed by atoms with E-state index in [-0.39, 0.29) is 5.97 Å². The van der Waals surface area contributed by atoms with Crippen molar-refractivity contribution in [3.63, 3.8) is 0 Å². The molecule has 0 atom stereocenters. The summed E-state index contributed by atoms with van der Waals surface area (Å²) in [5.41, 5.74) is 2.66. The number of para-hydroxylation sites is 1. The minimum atomic E-state index is -0.544. The molecule has 0 amide bonds. The second-order valence-corrected chi connectivity index (χ2v) is 7.51. The van der Waals surface area contributed by atoms with E-state index in [0.29, 0.717) is 12.1 Å². The van der Waals surface area contributed by atoms with Crippen LogP contribution in [-0.4, -0.2) is 21.1 Å². The van der Waals surface area contributed by atoms with Gasteiger partial charge >= 0.3 is 5.97 Å². The zero-order chi connectivity index (χ0) is 20.3. The molecule has 6 heteroatoms. The molecule has 0 saturated heterocycles. The lowest BCUT2D eigenvalue weighted by molar-refractivity contribution is -0.401. The molecule has 0 unspecified atom stereocenters. The Bertz CT molecular complexity index is 1040. The highest BCUT2D eigenvalue weighted by molar-refractivity contribution is 5.89. The number of hydrogen-bond donors (Lipinski definition) is 0. The Morgan fingerprint density at radius 2 is 1.82 bits per heavy atom. The number of nitro groups is 1. The lowest BCUT2D eigenvalue weighted by Crippen LogP contribution is -2.23. The third kappa shape index (κ3) is 4.65. The molecule has 0 bridgehead atoms. The minimum absolute atomic E-state index is 0.361. The summed E-state index contributed by atoms with van der Waals surface area (Å²) in [5.74, 6) is -0.361. The van der Waals surface area contributed by atoms with Crippen molar-refractivity contribution in [2.24, 2.45) is 0 Å². The lowest BCUT2D eigenvalue weighted by atomic mass is 10.1. The van der Waals surface area contributed by atoms with Crippen molar-refractivity contribution in [1.29, 1.82) is 0 Å². The molecule has 28 heavy (non-hydrogen) atoms. The largest absolute Gasteiger partial charge is 0.456 e. The van der Waals surface area contributed by atoms with Gasteiger partial charge in [-0.25, -0.2) is 4.79 Å². The molecule has 0 aliphatic heterocycles. The van der Waals surface area contributed by atoms with Gasteiger partial charge in [-0.2, -0.15) is 0 Å². The Balaban J connectivity index is 1.89. The molecule has 0 aliphatic carbocycles. The summed E-state index contributed by atoms with van der Waals surface area (Å²) >= 11 is 0. The van der Waals surface area contributed by atoms with Crippen molar-refractivity contribution in [3.05, 3.63) is 87.7 Å². The fourth-order valence-corrected chi connectivity index (χ4v) is 2.95. The van der Waals surface area contributed by atoms with Crippen molar-refractivity contribution in [2.45, 2.75) is 32.9 Å². The molecule has 3 rings (SSSR count). The average Bonchev–Trinajstić information content (AvgIpc) is 2.97. The molecule has 2 aromatic carbocycles. The molecule has 6 nitrogen and oxygen atoms in total. The summed E-state index contributed by atoms with van der Waals surface area (Å²) < 4.78 is 7.40. The number of rotatable bonds is 5. The van der Waals surface area contributed by atoms with Gasteiger partial charge in [0.25, 0.3) is 0 Å². The van der Waals surface area contributed by atoms with E-state index in [1.54, 1.807) is 12.1 Å². The van der Waals surface area contributed by atoms with Crippen LogP contribution in [0.15, 0.2) is 60.8 Å². The first-order valence-corrected chi connectivity index (χ1v) is 8.95. The number of nitrogens with zero attached hydrogens (tertiary/aromatic N) is 2. The molecule has 0 fully saturated rings. The van der Waals surface area contributed by atoms with Crippen LogP contribution in [0, 0.1) is 10.1 Å². The van der Waals surface area contributed by atoms with Crippen molar-refractivity contribution < 1.29 is 14.5 Å². The first-order chi connectivity index (χ1) is 13.2. The highest BCUT2D eigenvalue weighted by atomic mass is 16.6. The minimum Gasteiger partial charge on any atom is -0.456 e. The predicted octanol–water partition coefficient (Wildman–Crippen LogP) is 4.89. The van der Waals surface area contributed by atoms with Crippen LogP contribution in [0.4, 0.5) is 0 Å². The van der Waals surface area contributed by atoms with E-state index < -0.39 is 10.5 Å². The normalized spacial score (nSPS) is 11.8. The second-order valence-electron chi connectivity index (χ2n) is 7.51. The molecule has 1 heterocycles. The van der Waals surface area contributed by atoms with Gasteiger partial charge in [0.05, 0.1) is 10.5 Å². The van der Waals surface area contributed by atoms with Gasteiger partial charge in [0.2, 0.25) is 6.20 Å². The summed E-state index contributed by atoms with van der Waals surface area (Å²) in [7, 11) is 0. The van der Waals surface area contributed by atoms with Crippen LogP contribution >= 0.6 is 0 Å².